The summed E-state index contributed by atoms with van der Waals surface area (Å²) in [5, 5.41) is 3.34. The Bertz CT molecular complexity index is 220. The molecule has 1 N–H and O–H groups in total. The van der Waals surface area contributed by atoms with E-state index in [1.807, 2.05) is 0 Å². The van der Waals surface area contributed by atoms with Crippen molar-refractivity contribution in [3.63, 3.8) is 0 Å². The Hall–Kier alpha value is -0.380. The molecule has 1 aliphatic rings. The predicted octanol–water partition coefficient (Wildman–Crippen LogP) is 2.51. The van der Waals surface area contributed by atoms with Gasteiger partial charge >= 0.3 is 0 Å². The highest BCUT2D eigenvalue weighted by atomic mass is 16.5. The van der Waals surface area contributed by atoms with Crippen LogP contribution in [0.1, 0.15) is 40.0 Å². The van der Waals surface area contributed by atoms with Gasteiger partial charge in [0, 0.05) is 6.54 Å². The molecule has 0 bridgehead atoms. The number of hydrogen-bond donors (Lipinski definition) is 1. The summed E-state index contributed by atoms with van der Waals surface area (Å²) in [5.74, 6) is 0. The van der Waals surface area contributed by atoms with E-state index < -0.39 is 0 Å². The van der Waals surface area contributed by atoms with E-state index in [-0.39, 0.29) is 0 Å². The van der Waals surface area contributed by atoms with Gasteiger partial charge in [0.05, 0.1) is 24.9 Å². The third-order valence-corrected chi connectivity index (χ3v) is 2.98. The highest BCUT2D eigenvalue weighted by Gasteiger charge is 2.24. The largest absolute Gasteiger partial charge is 0.375 e. The van der Waals surface area contributed by atoms with Crippen molar-refractivity contribution in [1.82, 2.24) is 5.32 Å². The number of rotatable bonds is 7. The van der Waals surface area contributed by atoms with Crippen LogP contribution in [-0.2, 0) is 9.47 Å². The Labute approximate surface area is 106 Å². The van der Waals surface area contributed by atoms with E-state index in [0.29, 0.717) is 24.9 Å². The fourth-order valence-electron chi connectivity index (χ4n) is 2.21. The molecule has 0 aromatic rings. The molecule has 1 rings (SSSR count). The Morgan fingerprint density at radius 1 is 1.35 bits per heavy atom. The molecule has 0 saturated carbocycles. The summed E-state index contributed by atoms with van der Waals surface area (Å²) < 4.78 is 11.6. The van der Waals surface area contributed by atoms with Crippen LogP contribution in [0.4, 0.5) is 0 Å². The van der Waals surface area contributed by atoms with Crippen LogP contribution in [0.15, 0.2) is 12.2 Å². The highest BCUT2D eigenvalue weighted by Crippen LogP contribution is 2.21. The second-order valence-corrected chi connectivity index (χ2v) is 5.09. The molecule has 3 heteroatoms. The Kier molecular flexibility index (Phi) is 6.78. The quantitative estimate of drug-likeness (QED) is 0.549. The summed E-state index contributed by atoms with van der Waals surface area (Å²) in [4.78, 5) is 0. The maximum atomic E-state index is 5.90. The van der Waals surface area contributed by atoms with Crippen LogP contribution < -0.4 is 5.32 Å². The lowest BCUT2D eigenvalue weighted by Gasteiger charge is -2.32. The standard InChI is InChI=1S/C14H27NO2/c1-5-6-15-9-11(2)10-16-14-7-12(3)17-13(4)8-14/h12-15H,2,5-10H2,1,3-4H3. The topological polar surface area (TPSA) is 30.5 Å². The van der Waals surface area contributed by atoms with Crippen LogP contribution in [0.5, 0.6) is 0 Å². The number of hydrogen-bond acceptors (Lipinski definition) is 3. The van der Waals surface area contributed by atoms with E-state index in [0.717, 1.165) is 37.9 Å². The van der Waals surface area contributed by atoms with Gasteiger partial charge in [0.25, 0.3) is 0 Å². The van der Waals surface area contributed by atoms with Crippen LogP contribution >= 0.6 is 0 Å². The Morgan fingerprint density at radius 2 is 2.00 bits per heavy atom. The maximum Gasteiger partial charge on any atom is 0.0690 e. The Morgan fingerprint density at radius 3 is 2.59 bits per heavy atom. The normalized spacial score (nSPS) is 29.2. The molecule has 0 aromatic carbocycles. The van der Waals surface area contributed by atoms with Gasteiger partial charge < -0.3 is 14.8 Å². The summed E-state index contributed by atoms with van der Waals surface area (Å²) >= 11 is 0. The van der Waals surface area contributed by atoms with Crippen molar-refractivity contribution >= 4 is 0 Å². The zero-order valence-corrected chi connectivity index (χ0v) is 11.5. The van der Waals surface area contributed by atoms with Crippen molar-refractivity contribution in [3.05, 3.63) is 12.2 Å². The predicted molar refractivity (Wildman–Crippen MR) is 71.3 cm³/mol. The molecule has 0 aromatic heterocycles. The van der Waals surface area contributed by atoms with E-state index in [4.69, 9.17) is 9.47 Å². The first-order chi connectivity index (χ1) is 8.11. The zero-order chi connectivity index (χ0) is 12.7. The molecule has 2 atom stereocenters. The van der Waals surface area contributed by atoms with Gasteiger partial charge in [-0.15, -0.1) is 0 Å². The van der Waals surface area contributed by atoms with E-state index in [2.05, 4.69) is 32.7 Å². The summed E-state index contributed by atoms with van der Waals surface area (Å²) in [6.07, 6.45) is 4.12. The lowest BCUT2D eigenvalue weighted by Crippen LogP contribution is -2.34. The third-order valence-electron chi connectivity index (χ3n) is 2.98. The molecule has 3 nitrogen and oxygen atoms in total. The van der Waals surface area contributed by atoms with Crippen molar-refractivity contribution < 1.29 is 9.47 Å². The summed E-state index contributed by atoms with van der Waals surface area (Å²) in [5.41, 5.74) is 1.13. The SMILES string of the molecule is C=C(CNCCC)COC1CC(C)OC(C)C1. The minimum Gasteiger partial charge on any atom is -0.375 e. The van der Waals surface area contributed by atoms with Gasteiger partial charge in [-0.05, 0) is 45.2 Å². The first-order valence-corrected chi connectivity index (χ1v) is 6.76. The van der Waals surface area contributed by atoms with Gasteiger partial charge in [-0.3, -0.25) is 0 Å². The van der Waals surface area contributed by atoms with Crippen LogP contribution in [0.25, 0.3) is 0 Å². The summed E-state index contributed by atoms with van der Waals surface area (Å²) in [6.45, 7) is 13.0. The lowest BCUT2D eigenvalue weighted by atomic mass is 10.0. The molecular weight excluding hydrogens is 214 g/mol. The smallest absolute Gasteiger partial charge is 0.0690 e. The molecule has 1 heterocycles. The number of nitrogens with one attached hydrogen (secondary N) is 1. The van der Waals surface area contributed by atoms with E-state index >= 15 is 0 Å². The van der Waals surface area contributed by atoms with Crippen LogP contribution in [-0.4, -0.2) is 38.0 Å². The molecule has 0 aliphatic carbocycles. The van der Waals surface area contributed by atoms with Gasteiger partial charge in [0.2, 0.25) is 0 Å². The molecular formula is C14H27NO2. The lowest BCUT2D eigenvalue weighted by molar-refractivity contribution is -0.0978. The van der Waals surface area contributed by atoms with Crippen molar-refractivity contribution in [2.45, 2.75) is 58.3 Å². The minimum atomic E-state index is 0.315. The van der Waals surface area contributed by atoms with Crippen LogP contribution in [0, 0.1) is 0 Å². The summed E-state index contributed by atoms with van der Waals surface area (Å²) in [7, 11) is 0. The molecule has 0 spiro atoms. The molecule has 2 unspecified atom stereocenters. The van der Waals surface area contributed by atoms with Crippen molar-refractivity contribution in [3.8, 4) is 0 Å². The molecule has 1 aliphatic heterocycles. The third kappa shape index (κ3) is 6.20. The van der Waals surface area contributed by atoms with Gasteiger partial charge in [0.1, 0.15) is 0 Å². The molecule has 1 saturated heterocycles. The maximum absolute atomic E-state index is 5.90. The van der Waals surface area contributed by atoms with Crippen LogP contribution in [0.3, 0.4) is 0 Å². The monoisotopic (exact) mass is 241 g/mol. The first-order valence-electron chi connectivity index (χ1n) is 6.76. The second-order valence-electron chi connectivity index (χ2n) is 5.09. The fraction of sp³-hybridized carbons (Fsp3) is 0.857. The average Bonchev–Trinajstić information content (AvgIpc) is 2.25. The van der Waals surface area contributed by atoms with Gasteiger partial charge in [-0.25, -0.2) is 0 Å². The molecule has 0 amide bonds. The molecule has 1 fully saturated rings. The number of ether oxygens (including phenoxy) is 2. The minimum absolute atomic E-state index is 0.315. The van der Waals surface area contributed by atoms with E-state index in [1.54, 1.807) is 0 Å². The summed E-state index contributed by atoms with van der Waals surface area (Å²) in [6, 6.07) is 0. The molecule has 17 heavy (non-hydrogen) atoms. The van der Waals surface area contributed by atoms with Gasteiger partial charge in [-0.2, -0.15) is 0 Å². The van der Waals surface area contributed by atoms with E-state index in [9.17, 15) is 0 Å². The van der Waals surface area contributed by atoms with Gasteiger partial charge in [-0.1, -0.05) is 13.5 Å². The van der Waals surface area contributed by atoms with E-state index in [1.165, 1.54) is 0 Å². The fourth-order valence-corrected chi connectivity index (χ4v) is 2.21. The molecule has 0 radical (unpaired) electrons. The van der Waals surface area contributed by atoms with Crippen LogP contribution in [0.2, 0.25) is 0 Å². The Balaban J connectivity index is 2.14. The zero-order valence-electron chi connectivity index (χ0n) is 11.5. The van der Waals surface area contributed by atoms with Crippen molar-refractivity contribution in [1.29, 1.82) is 0 Å². The van der Waals surface area contributed by atoms with Gasteiger partial charge in [0.15, 0.2) is 0 Å². The van der Waals surface area contributed by atoms with Crippen molar-refractivity contribution in [2.75, 3.05) is 19.7 Å². The molecule has 100 valence electrons. The average molecular weight is 241 g/mol. The highest BCUT2D eigenvalue weighted by molar-refractivity contribution is 4.97. The second kappa shape index (κ2) is 7.85. The van der Waals surface area contributed by atoms with Crippen molar-refractivity contribution in [2.24, 2.45) is 0 Å². The first kappa shape index (κ1) is 14.7.